The van der Waals surface area contributed by atoms with Crippen LogP contribution in [0.25, 0.3) is 10.3 Å². The molecule has 0 saturated carbocycles. The van der Waals surface area contributed by atoms with Crippen molar-refractivity contribution in [1.29, 1.82) is 0 Å². The number of rotatable bonds is 7. The van der Waals surface area contributed by atoms with Crippen LogP contribution in [0.15, 0.2) is 42.6 Å². The highest BCUT2D eigenvalue weighted by molar-refractivity contribution is 7.20. The van der Waals surface area contributed by atoms with Gasteiger partial charge in [0.25, 0.3) is 6.29 Å². The van der Waals surface area contributed by atoms with Crippen molar-refractivity contribution in [3.05, 3.63) is 64.0 Å². The minimum Gasteiger partial charge on any atom is -0.477 e. The molecule has 1 aromatic carbocycles. The molecule has 0 amide bonds. The topological polar surface area (TPSA) is 102 Å². The lowest BCUT2D eigenvalue weighted by molar-refractivity contribution is -0.0592. The SMILES string of the molecule is O=C(O)c1cc2c(nc(CN3CCN(c4cccc5c4OC(c4ccc(Cl)cn4)O5)CC3)n2C[C@@H]2CCO2)s1. The molecule has 0 aliphatic carbocycles. The lowest BCUT2D eigenvalue weighted by atomic mass is 10.2. The zero-order valence-electron chi connectivity index (χ0n) is 21.0. The quantitative estimate of drug-likeness (QED) is 0.347. The normalized spacial score (nSPS) is 20.9. The van der Waals surface area contributed by atoms with Crippen LogP contribution in [0.3, 0.4) is 0 Å². The van der Waals surface area contributed by atoms with E-state index in [1.807, 2.05) is 18.2 Å². The van der Waals surface area contributed by atoms with Crippen molar-refractivity contribution in [3.8, 4) is 11.5 Å². The van der Waals surface area contributed by atoms with Gasteiger partial charge in [0, 0.05) is 39.0 Å². The van der Waals surface area contributed by atoms with Crippen LogP contribution in [0.5, 0.6) is 11.5 Å². The zero-order valence-corrected chi connectivity index (χ0v) is 22.5. The minimum atomic E-state index is -0.917. The largest absolute Gasteiger partial charge is 0.477 e. The lowest BCUT2D eigenvalue weighted by Gasteiger charge is -2.36. The first kappa shape index (κ1) is 24.6. The minimum absolute atomic E-state index is 0.153. The molecule has 0 radical (unpaired) electrons. The highest BCUT2D eigenvalue weighted by Crippen LogP contribution is 2.46. The average molecular weight is 568 g/mol. The summed E-state index contributed by atoms with van der Waals surface area (Å²) in [5.41, 5.74) is 2.56. The van der Waals surface area contributed by atoms with E-state index in [4.69, 9.17) is 30.8 Å². The number of para-hydroxylation sites is 1. The molecule has 12 heteroatoms. The Morgan fingerprint density at radius 1 is 1.15 bits per heavy atom. The summed E-state index contributed by atoms with van der Waals surface area (Å²) in [6, 6.07) is 11.3. The predicted molar refractivity (Wildman–Crippen MR) is 146 cm³/mol. The molecule has 202 valence electrons. The van der Waals surface area contributed by atoms with Crippen LogP contribution in [0.2, 0.25) is 5.02 Å². The van der Waals surface area contributed by atoms with Crippen LogP contribution in [0.4, 0.5) is 5.69 Å². The monoisotopic (exact) mass is 567 g/mol. The van der Waals surface area contributed by atoms with Gasteiger partial charge in [-0.15, -0.1) is 11.3 Å². The van der Waals surface area contributed by atoms with Gasteiger partial charge in [0.1, 0.15) is 21.2 Å². The first-order chi connectivity index (χ1) is 19.0. The van der Waals surface area contributed by atoms with Gasteiger partial charge in [0.2, 0.25) is 0 Å². The summed E-state index contributed by atoms with van der Waals surface area (Å²) in [6.45, 7) is 5.53. The number of nitrogens with zero attached hydrogens (tertiary/aromatic N) is 5. The van der Waals surface area contributed by atoms with Gasteiger partial charge in [-0.1, -0.05) is 17.7 Å². The van der Waals surface area contributed by atoms with E-state index in [0.29, 0.717) is 34.4 Å². The molecule has 3 aromatic heterocycles. The second-order valence-corrected chi connectivity index (χ2v) is 11.3. The second kappa shape index (κ2) is 9.98. The Bertz CT molecular complexity index is 1530. The molecule has 3 aliphatic heterocycles. The molecule has 0 spiro atoms. The molecule has 39 heavy (non-hydrogen) atoms. The Morgan fingerprint density at radius 2 is 2.00 bits per heavy atom. The Morgan fingerprint density at radius 3 is 2.72 bits per heavy atom. The van der Waals surface area contributed by atoms with Gasteiger partial charge in [0.05, 0.1) is 35.4 Å². The fraction of sp³-hybridized carbons (Fsp3) is 0.370. The van der Waals surface area contributed by atoms with Crippen molar-refractivity contribution in [1.82, 2.24) is 19.4 Å². The van der Waals surface area contributed by atoms with Crippen LogP contribution < -0.4 is 14.4 Å². The maximum absolute atomic E-state index is 11.5. The Kier molecular flexibility index (Phi) is 6.31. The maximum atomic E-state index is 11.5. The Balaban J connectivity index is 1.05. The van der Waals surface area contributed by atoms with E-state index in [2.05, 4.69) is 25.4 Å². The number of aromatic nitrogens is 3. The van der Waals surface area contributed by atoms with Crippen LogP contribution in [0.1, 0.15) is 33.9 Å². The van der Waals surface area contributed by atoms with Crippen LogP contribution >= 0.6 is 22.9 Å². The Labute approximate surface area is 233 Å². The van der Waals surface area contributed by atoms with Crippen molar-refractivity contribution in [3.63, 3.8) is 0 Å². The first-order valence-corrected chi connectivity index (χ1v) is 14.1. The number of imidazole rings is 1. The number of carbonyl (C=O) groups is 1. The number of thiophene rings is 1. The fourth-order valence-electron chi connectivity index (χ4n) is 5.23. The number of piperazine rings is 1. The number of pyridine rings is 1. The van der Waals surface area contributed by atoms with Crippen molar-refractivity contribution in [2.45, 2.75) is 31.9 Å². The second-order valence-electron chi connectivity index (χ2n) is 9.86. The fourth-order valence-corrected chi connectivity index (χ4v) is 6.23. The van der Waals surface area contributed by atoms with E-state index in [1.54, 1.807) is 18.3 Å². The standard InChI is InChI=1S/C27H26ClN5O5S/c28-16-4-5-18(29-13-16)27-37-21-3-1-2-19(24(21)38-27)32-9-7-31(8-10-32)15-23-30-25-20(12-22(39-25)26(34)35)33(23)14-17-6-11-36-17/h1-5,12-13,17,27H,6-11,14-15H2,(H,34,35)/t17-,27?/m0/s1. The number of ether oxygens (including phenoxy) is 3. The molecule has 10 nitrogen and oxygen atoms in total. The molecule has 1 N–H and O–H groups in total. The number of halogens is 1. The van der Waals surface area contributed by atoms with E-state index < -0.39 is 12.3 Å². The average Bonchev–Trinajstić information content (AvgIpc) is 3.60. The zero-order chi connectivity index (χ0) is 26.5. The van der Waals surface area contributed by atoms with Gasteiger partial charge in [-0.25, -0.2) is 9.78 Å². The molecule has 2 saturated heterocycles. The number of benzene rings is 1. The van der Waals surface area contributed by atoms with Crippen molar-refractivity contribution in [2.24, 2.45) is 0 Å². The summed E-state index contributed by atoms with van der Waals surface area (Å²) in [4.78, 5) is 26.5. The third kappa shape index (κ3) is 4.69. The number of aromatic carboxylic acids is 1. The smallest absolute Gasteiger partial charge is 0.346 e. The number of anilines is 1. The molecular formula is C27H26ClN5O5S. The predicted octanol–water partition coefficient (Wildman–Crippen LogP) is 4.43. The lowest BCUT2D eigenvalue weighted by Crippen LogP contribution is -2.46. The molecular weight excluding hydrogens is 542 g/mol. The van der Waals surface area contributed by atoms with Crippen LogP contribution in [0, 0.1) is 0 Å². The molecule has 0 bridgehead atoms. The first-order valence-electron chi connectivity index (χ1n) is 12.9. The van der Waals surface area contributed by atoms with Gasteiger partial charge in [-0.05, 0) is 36.8 Å². The van der Waals surface area contributed by atoms with E-state index in [1.165, 1.54) is 11.3 Å². The summed E-state index contributed by atoms with van der Waals surface area (Å²) in [7, 11) is 0. The number of hydrogen-bond donors (Lipinski definition) is 1. The molecule has 2 atom stereocenters. The summed E-state index contributed by atoms with van der Waals surface area (Å²) < 4.78 is 20.1. The number of fused-ring (bicyclic) bond motifs is 2. The van der Waals surface area contributed by atoms with Crippen molar-refractivity contribution >= 4 is 44.9 Å². The van der Waals surface area contributed by atoms with E-state index in [0.717, 1.165) is 66.8 Å². The summed E-state index contributed by atoms with van der Waals surface area (Å²) in [5, 5.41) is 10.0. The summed E-state index contributed by atoms with van der Waals surface area (Å²) in [6.07, 6.45) is 2.15. The molecule has 3 aliphatic rings. The van der Waals surface area contributed by atoms with Crippen molar-refractivity contribution in [2.75, 3.05) is 37.7 Å². The van der Waals surface area contributed by atoms with Crippen molar-refractivity contribution < 1.29 is 24.1 Å². The highest BCUT2D eigenvalue weighted by Gasteiger charge is 2.32. The van der Waals surface area contributed by atoms with Gasteiger partial charge in [0.15, 0.2) is 11.5 Å². The molecule has 6 heterocycles. The molecule has 4 aromatic rings. The van der Waals surface area contributed by atoms with Gasteiger partial charge >= 0.3 is 5.97 Å². The third-order valence-corrected chi connectivity index (χ3v) is 8.63. The van der Waals surface area contributed by atoms with E-state index >= 15 is 0 Å². The van der Waals surface area contributed by atoms with Crippen LogP contribution in [-0.2, 0) is 17.8 Å². The third-order valence-electron chi connectivity index (χ3n) is 7.40. The van der Waals surface area contributed by atoms with Gasteiger partial charge in [-0.2, -0.15) is 0 Å². The number of hydrogen-bond acceptors (Lipinski definition) is 9. The molecule has 7 rings (SSSR count). The maximum Gasteiger partial charge on any atom is 0.346 e. The summed E-state index contributed by atoms with van der Waals surface area (Å²) >= 11 is 7.21. The number of carboxylic acid groups (broad SMARTS) is 1. The van der Waals surface area contributed by atoms with Gasteiger partial charge in [-0.3, -0.25) is 9.88 Å². The summed E-state index contributed by atoms with van der Waals surface area (Å²) in [5.74, 6) is 1.48. The van der Waals surface area contributed by atoms with Crippen LogP contribution in [-0.4, -0.2) is 69.4 Å². The van der Waals surface area contributed by atoms with Gasteiger partial charge < -0.3 is 28.8 Å². The van der Waals surface area contributed by atoms with E-state index in [9.17, 15) is 9.90 Å². The van der Waals surface area contributed by atoms with E-state index in [-0.39, 0.29) is 6.10 Å². The number of carboxylic acids is 1. The highest BCUT2D eigenvalue weighted by atomic mass is 35.5. The Hall–Kier alpha value is -3.38. The molecule has 1 unspecified atom stereocenters. The molecule has 2 fully saturated rings.